The Morgan fingerprint density at radius 3 is 2.32 bits per heavy atom. The van der Waals surface area contributed by atoms with Crippen LogP contribution >= 0.6 is 0 Å². The van der Waals surface area contributed by atoms with Crippen molar-refractivity contribution in [3.8, 4) is 0 Å². The third-order valence-corrected chi connectivity index (χ3v) is 3.39. The van der Waals surface area contributed by atoms with Crippen molar-refractivity contribution >= 4 is 23.1 Å². The summed E-state index contributed by atoms with van der Waals surface area (Å²) >= 11 is 0. The van der Waals surface area contributed by atoms with E-state index in [0.29, 0.717) is 24.2 Å². The monoisotopic (exact) mass is 296 g/mol. The Morgan fingerprint density at radius 2 is 1.68 bits per heavy atom. The Hall–Kier alpha value is -2.62. The molecule has 1 amide bonds. The fourth-order valence-corrected chi connectivity index (χ4v) is 2.09. The van der Waals surface area contributed by atoms with Crippen molar-refractivity contribution in [1.82, 2.24) is 0 Å². The molecule has 0 aliphatic heterocycles. The largest absolute Gasteiger partial charge is 0.384 e. The van der Waals surface area contributed by atoms with Crippen LogP contribution in [0.15, 0.2) is 48.5 Å². The maximum absolute atomic E-state index is 11.9. The van der Waals surface area contributed by atoms with E-state index < -0.39 is 0 Å². The molecule has 2 N–H and O–H groups in total. The van der Waals surface area contributed by atoms with Gasteiger partial charge in [-0.3, -0.25) is 9.59 Å². The Kier molecular flexibility index (Phi) is 5.31. The van der Waals surface area contributed by atoms with E-state index in [2.05, 4.69) is 10.6 Å². The zero-order chi connectivity index (χ0) is 15.9. The van der Waals surface area contributed by atoms with Gasteiger partial charge in [0.15, 0.2) is 5.78 Å². The number of hydrogen-bond donors (Lipinski definition) is 2. The summed E-state index contributed by atoms with van der Waals surface area (Å²) in [7, 11) is 0. The molecule has 4 heteroatoms. The van der Waals surface area contributed by atoms with E-state index in [1.165, 1.54) is 6.92 Å². The van der Waals surface area contributed by atoms with Crippen molar-refractivity contribution in [2.45, 2.75) is 20.3 Å². The van der Waals surface area contributed by atoms with E-state index in [1.807, 2.05) is 31.2 Å². The highest BCUT2D eigenvalue weighted by atomic mass is 16.1. The van der Waals surface area contributed by atoms with E-state index in [-0.39, 0.29) is 11.7 Å². The van der Waals surface area contributed by atoms with Crippen molar-refractivity contribution in [2.24, 2.45) is 0 Å². The predicted molar refractivity (Wildman–Crippen MR) is 89.4 cm³/mol. The smallest absolute Gasteiger partial charge is 0.226 e. The first-order valence-electron chi connectivity index (χ1n) is 7.26. The topological polar surface area (TPSA) is 58.2 Å². The molecule has 0 fully saturated rings. The van der Waals surface area contributed by atoms with Gasteiger partial charge in [0, 0.05) is 29.9 Å². The van der Waals surface area contributed by atoms with Crippen LogP contribution in [-0.2, 0) is 4.79 Å². The summed E-state index contributed by atoms with van der Waals surface area (Å²) < 4.78 is 0. The second-order valence-corrected chi connectivity index (χ2v) is 5.17. The highest BCUT2D eigenvalue weighted by Crippen LogP contribution is 2.13. The van der Waals surface area contributed by atoms with Crippen LogP contribution < -0.4 is 10.6 Å². The molecule has 0 aliphatic carbocycles. The van der Waals surface area contributed by atoms with Crippen LogP contribution in [0.1, 0.15) is 29.3 Å². The van der Waals surface area contributed by atoms with Crippen LogP contribution in [-0.4, -0.2) is 18.2 Å². The van der Waals surface area contributed by atoms with Gasteiger partial charge < -0.3 is 10.6 Å². The molecular weight excluding hydrogens is 276 g/mol. The number of amides is 1. The zero-order valence-corrected chi connectivity index (χ0v) is 12.8. The van der Waals surface area contributed by atoms with Gasteiger partial charge in [0.1, 0.15) is 0 Å². The first kappa shape index (κ1) is 15.8. The third kappa shape index (κ3) is 4.45. The maximum atomic E-state index is 11.9. The number of aryl methyl sites for hydroxylation is 1. The minimum atomic E-state index is -0.0586. The number of carbonyl (C=O) groups is 2. The number of rotatable bonds is 6. The second kappa shape index (κ2) is 7.41. The molecule has 0 atom stereocenters. The summed E-state index contributed by atoms with van der Waals surface area (Å²) in [6, 6.07) is 14.9. The van der Waals surface area contributed by atoms with Crippen LogP contribution in [0.4, 0.5) is 11.4 Å². The highest BCUT2D eigenvalue weighted by Gasteiger charge is 2.04. The molecule has 2 rings (SSSR count). The fraction of sp³-hybridized carbons (Fsp3) is 0.222. The summed E-state index contributed by atoms with van der Waals surface area (Å²) in [5.74, 6) is -0.0445. The van der Waals surface area contributed by atoms with Crippen molar-refractivity contribution in [1.29, 1.82) is 0 Å². The number of para-hydroxylation sites is 1. The van der Waals surface area contributed by atoms with Crippen molar-refractivity contribution in [3.63, 3.8) is 0 Å². The average Bonchev–Trinajstić information content (AvgIpc) is 2.50. The Labute approximate surface area is 130 Å². The average molecular weight is 296 g/mol. The molecule has 0 aliphatic rings. The molecule has 22 heavy (non-hydrogen) atoms. The normalized spacial score (nSPS) is 10.1. The molecule has 2 aromatic carbocycles. The third-order valence-electron chi connectivity index (χ3n) is 3.39. The van der Waals surface area contributed by atoms with Crippen molar-refractivity contribution in [3.05, 3.63) is 59.7 Å². The predicted octanol–water partition coefficient (Wildman–Crippen LogP) is 3.64. The minimum Gasteiger partial charge on any atom is -0.384 e. The minimum absolute atomic E-state index is 0.0142. The number of nitrogens with one attached hydrogen (secondary N) is 2. The van der Waals surface area contributed by atoms with Crippen LogP contribution in [0.25, 0.3) is 0 Å². The fourth-order valence-electron chi connectivity index (χ4n) is 2.09. The van der Waals surface area contributed by atoms with Gasteiger partial charge in [-0.25, -0.2) is 0 Å². The summed E-state index contributed by atoms with van der Waals surface area (Å²) in [4.78, 5) is 23.1. The Balaban J connectivity index is 1.80. The lowest BCUT2D eigenvalue weighted by Crippen LogP contribution is -2.16. The van der Waals surface area contributed by atoms with Crippen LogP contribution in [0.2, 0.25) is 0 Å². The molecule has 0 radical (unpaired) electrons. The quantitative estimate of drug-likeness (QED) is 0.800. The molecule has 0 aromatic heterocycles. The van der Waals surface area contributed by atoms with Gasteiger partial charge in [-0.15, -0.1) is 0 Å². The van der Waals surface area contributed by atoms with Crippen LogP contribution in [0.3, 0.4) is 0 Å². The van der Waals surface area contributed by atoms with Gasteiger partial charge in [0.2, 0.25) is 5.91 Å². The van der Waals surface area contributed by atoms with Gasteiger partial charge >= 0.3 is 0 Å². The second-order valence-electron chi connectivity index (χ2n) is 5.17. The number of Topliss-reactive ketones (excluding diaryl/α,β-unsaturated/α-hetero) is 1. The number of anilines is 2. The molecule has 0 bridgehead atoms. The molecule has 0 spiro atoms. The van der Waals surface area contributed by atoms with Crippen LogP contribution in [0, 0.1) is 6.92 Å². The first-order valence-corrected chi connectivity index (χ1v) is 7.26. The molecular formula is C18H20N2O2. The van der Waals surface area contributed by atoms with Gasteiger partial charge in [-0.2, -0.15) is 0 Å². The van der Waals surface area contributed by atoms with E-state index in [9.17, 15) is 9.59 Å². The van der Waals surface area contributed by atoms with E-state index >= 15 is 0 Å². The standard InChI is InChI=1S/C18H20N2O2/c1-13-5-3-4-6-17(13)19-12-11-18(22)20-16-9-7-15(8-10-16)14(2)21/h3-10,19H,11-12H2,1-2H3,(H,20,22). The van der Waals surface area contributed by atoms with Gasteiger partial charge in [0.25, 0.3) is 0 Å². The summed E-state index contributed by atoms with van der Waals surface area (Å²) in [6.45, 7) is 4.12. The lowest BCUT2D eigenvalue weighted by Gasteiger charge is -2.09. The molecule has 114 valence electrons. The molecule has 0 heterocycles. The highest BCUT2D eigenvalue weighted by molar-refractivity contribution is 5.95. The maximum Gasteiger partial charge on any atom is 0.226 e. The molecule has 4 nitrogen and oxygen atoms in total. The van der Waals surface area contributed by atoms with E-state index in [1.54, 1.807) is 24.3 Å². The molecule has 0 saturated heterocycles. The van der Waals surface area contributed by atoms with Crippen LogP contribution in [0.5, 0.6) is 0 Å². The van der Waals surface area contributed by atoms with Gasteiger partial charge in [-0.05, 0) is 49.7 Å². The summed E-state index contributed by atoms with van der Waals surface area (Å²) in [6.07, 6.45) is 0.378. The summed E-state index contributed by atoms with van der Waals surface area (Å²) in [5, 5.41) is 6.07. The number of ketones is 1. The first-order chi connectivity index (χ1) is 10.6. The molecule has 0 unspecified atom stereocenters. The lowest BCUT2D eigenvalue weighted by molar-refractivity contribution is -0.115. The number of hydrogen-bond acceptors (Lipinski definition) is 3. The van der Waals surface area contributed by atoms with Crippen molar-refractivity contribution in [2.75, 3.05) is 17.2 Å². The molecule has 2 aromatic rings. The van der Waals surface area contributed by atoms with E-state index in [4.69, 9.17) is 0 Å². The van der Waals surface area contributed by atoms with Gasteiger partial charge in [0.05, 0.1) is 0 Å². The Morgan fingerprint density at radius 1 is 1.00 bits per heavy atom. The lowest BCUT2D eigenvalue weighted by atomic mass is 10.1. The zero-order valence-electron chi connectivity index (χ0n) is 12.8. The van der Waals surface area contributed by atoms with Gasteiger partial charge in [-0.1, -0.05) is 18.2 Å². The number of carbonyl (C=O) groups excluding carboxylic acids is 2. The summed E-state index contributed by atoms with van der Waals surface area (Å²) in [5.41, 5.74) is 3.54. The SMILES string of the molecule is CC(=O)c1ccc(NC(=O)CCNc2ccccc2C)cc1. The number of benzene rings is 2. The van der Waals surface area contributed by atoms with Crippen molar-refractivity contribution < 1.29 is 9.59 Å². The van der Waals surface area contributed by atoms with E-state index in [0.717, 1.165) is 11.3 Å². The Bertz CT molecular complexity index is 663. The molecule has 0 saturated carbocycles.